The van der Waals surface area contributed by atoms with Crippen LogP contribution in [0.4, 0.5) is 5.00 Å². The van der Waals surface area contributed by atoms with Crippen LogP contribution in [0.2, 0.25) is 0 Å². The van der Waals surface area contributed by atoms with Gasteiger partial charge >= 0.3 is 0 Å². The average Bonchev–Trinajstić information content (AvgIpc) is 2.39. The number of thioether (sulfide) groups is 1. The van der Waals surface area contributed by atoms with Crippen molar-refractivity contribution >= 4 is 28.3 Å². The van der Waals surface area contributed by atoms with E-state index in [4.69, 9.17) is 0 Å². The minimum absolute atomic E-state index is 0.936. The molecule has 0 unspecified atom stereocenters. The maximum absolute atomic E-state index is 4.01. The highest BCUT2D eigenvalue weighted by molar-refractivity contribution is 7.97. The topological polar surface area (TPSA) is 37.8 Å². The van der Waals surface area contributed by atoms with Crippen LogP contribution in [0.3, 0.4) is 0 Å². The summed E-state index contributed by atoms with van der Waals surface area (Å²) in [6.45, 7) is 3.01. The zero-order chi connectivity index (χ0) is 8.10. The third-order valence-corrected chi connectivity index (χ3v) is 2.46. The predicted molar refractivity (Wildman–Crippen MR) is 51.3 cm³/mol. The van der Waals surface area contributed by atoms with E-state index in [2.05, 4.69) is 28.1 Å². The van der Waals surface area contributed by atoms with E-state index in [1.807, 2.05) is 0 Å². The van der Waals surface area contributed by atoms with Crippen LogP contribution >= 0.6 is 23.3 Å². The Morgan fingerprint density at radius 1 is 1.64 bits per heavy atom. The summed E-state index contributed by atoms with van der Waals surface area (Å²) in [5.74, 6) is 0.943. The average molecular weight is 189 g/mol. The summed E-state index contributed by atoms with van der Waals surface area (Å²) in [4.78, 5) is 0. The van der Waals surface area contributed by atoms with Crippen molar-refractivity contribution in [1.29, 1.82) is 0 Å². The Kier molecular flexibility index (Phi) is 3.65. The monoisotopic (exact) mass is 189 g/mol. The van der Waals surface area contributed by atoms with Gasteiger partial charge in [0.2, 0.25) is 0 Å². The summed E-state index contributed by atoms with van der Waals surface area (Å²) in [6, 6.07) is 0. The molecule has 1 N–H and O–H groups in total. The fraction of sp³-hybridized carbons (Fsp3) is 0.667. The fourth-order valence-corrected chi connectivity index (χ4v) is 1.95. The zero-order valence-electron chi connectivity index (χ0n) is 6.63. The highest BCUT2D eigenvalue weighted by Crippen LogP contribution is 2.20. The van der Waals surface area contributed by atoms with Crippen molar-refractivity contribution in [1.82, 2.24) is 9.59 Å². The van der Waals surface area contributed by atoms with Gasteiger partial charge in [-0.25, -0.2) is 0 Å². The second-order valence-electron chi connectivity index (χ2n) is 2.01. The maximum Gasteiger partial charge on any atom is 0.134 e. The van der Waals surface area contributed by atoms with Gasteiger partial charge in [0.05, 0.1) is 0 Å². The van der Waals surface area contributed by atoms with Crippen LogP contribution in [0.25, 0.3) is 0 Å². The summed E-state index contributed by atoms with van der Waals surface area (Å²) in [7, 11) is 0. The summed E-state index contributed by atoms with van der Waals surface area (Å²) in [5, 5.41) is 8.34. The molecule has 0 radical (unpaired) electrons. The van der Waals surface area contributed by atoms with Crippen molar-refractivity contribution in [3.8, 4) is 0 Å². The number of nitrogens with zero attached hydrogens (tertiary/aromatic N) is 2. The lowest BCUT2D eigenvalue weighted by atomic mass is 10.5. The normalized spacial score (nSPS) is 10.0. The number of nitrogens with one attached hydrogen (secondary N) is 1. The molecule has 3 nitrogen and oxygen atoms in total. The molecule has 0 aliphatic heterocycles. The van der Waals surface area contributed by atoms with Crippen LogP contribution in [0.1, 0.15) is 12.6 Å². The van der Waals surface area contributed by atoms with Crippen molar-refractivity contribution in [2.75, 3.05) is 18.1 Å². The van der Waals surface area contributed by atoms with Gasteiger partial charge in [-0.3, -0.25) is 0 Å². The molecule has 5 heteroatoms. The molecule has 0 amide bonds. The van der Waals surface area contributed by atoms with Crippen molar-refractivity contribution in [2.45, 2.75) is 12.7 Å². The molecule has 0 aliphatic carbocycles. The van der Waals surface area contributed by atoms with Crippen LogP contribution < -0.4 is 5.32 Å². The molecule has 0 fully saturated rings. The smallest absolute Gasteiger partial charge is 0.134 e. The second kappa shape index (κ2) is 4.56. The van der Waals surface area contributed by atoms with Gasteiger partial charge in [-0.05, 0) is 13.2 Å². The fourth-order valence-electron chi connectivity index (χ4n) is 0.735. The lowest BCUT2D eigenvalue weighted by molar-refractivity contribution is 1.07. The van der Waals surface area contributed by atoms with Gasteiger partial charge in [-0.1, -0.05) is 4.49 Å². The maximum atomic E-state index is 4.01. The van der Waals surface area contributed by atoms with E-state index in [1.165, 1.54) is 11.5 Å². The van der Waals surface area contributed by atoms with Crippen molar-refractivity contribution in [3.05, 3.63) is 5.69 Å². The first-order valence-electron chi connectivity index (χ1n) is 3.42. The van der Waals surface area contributed by atoms with Crippen LogP contribution in [-0.2, 0) is 5.75 Å². The molecule has 1 rings (SSSR count). The predicted octanol–water partition coefficient (Wildman–Crippen LogP) is 1.83. The Bertz CT molecular complexity index is 191. The quantitative estimate of drug-likeness (QED) is 0.784. The highest BCUT2D eigenvalue weighted by Gasteiger charge is 2.04. The zero-order valence-corrected chi connectivity index (χ0v) is 8.26. The van der Waals surface area contributed by atoms with Crippen LogP contribution in [0.5, 0.6) is 0 Å². The third-order valence-electron chi connectivity index (χ3n) is 1.17. The molecular weight excluding hydrogens is 178 g/mol. The number of hydrogen-bond acceptors (Lipinski definition) is 5. The van der Waals surface area contributed by atoms with Crippen LogP contribution in [0.15, 0.2) is 0 Å². The van der Waals surface area contributed by atoms with E-state index >= 15 is 0 Å². The van der Waals surface area contributed by atoms with Crippen LogP contribution in [0, 0.1) is 0 Å². The molecule has 1 aromatic rings. The summed E-state index contributed by atoms with van der Waals surface area (Å²) < 4.78 is 3.88. The van der Waals surface area contributed by atoms with E-state index in [0.717, 1.165) is 23.0 Å². The third kappa shape index (κ3) is 2.34. The van der Waals surface area contributed by atoms with E-state index < -0.39 is 0 Å². The van der Waals surface area contributed by atoms with Crippen LogP contribution in [-0.4, -0.2) is 22.4 Å². The first-order chi connectivity index (χ1) is 5.38. The summed E-state index contributed by atoms with van der Waals surface area (Å²) >= 11 is 3.19. The van der Waals surface area contributed by atoms with E-state index in [0.29, 0.717) is 0 Å². The summed E-state index contributed by atoms with van der Waals surface area (Å²) in [5.41, 5.74) is 1.07. The Labute approximate surface area is 74.8 Å². The molecular formula is C6H11N3S2. The number of rotatable bonds is 4. The molecule has 11 heavy (non-hydrogen) atoms. The number of anilines is 1. The first kappa shape index (κ1) is 8.80. The SMILES string of the molecule is CCNc1snnc1CSC. The van der Waals surface area contributed by atoms with Gasteiger partial charge in [0.25, 0.3) is 0 Å². The standard InChI is InChI=1S/C6H11N3S2/c1-3-7-6-5(4-10-2)8-9-11-6/h7H,3-4H2,1-2H3. The molecule has 1 aromatic heterocycles. The molecule has 0 spiro atoms. The van der Waals surface area contributed by atoms with Gasteiger partial charge in [-0.2, -0.15) is 11.8 Å². The van der Waals surface area contributed by atoms with Gasteiger partial charge in [0.1, 0.15) is 10.7 Å². The van der Waals surface area contributed by atoms with E-state index in [-0.39, 0.29) is 0 Å². The number of hydrogen-bond donors (Lipinski definition) is 1. The summed E-state index contributed by atoms with van der Waals surface area (Å²) in [6.07, 6.45) is 2.06. The largest absolute Gasteiger partial charge is 0.374 e. The lowest BCUT2D eigenvalue weighted by Gasteiger charge is -1.98. The van der Waals surface area contributed by atoms with Crippen molar-refractivity contribution < 1.29 is 0 Å². The van der Waals surface area contributed by atoms with Gasteiger partial charge < -0.3 is 5.32 Å². The second-order valence-corrected chi connectivity index (χ2v) is 3.63. The molecule has 62 valence electrons. The molecule has 0 saturated heterocycles. The minimum Gasteiger partial charge on any atom is -0.374 e. The molecule has 0 saturated carbocycles. The Morgan fingerprint density at radius 2 is 2.45 bits per heavy atom. The number of aromatic nitrogens is 2. The Morgan fingerprint density at radius 3 is 3.09 bits per heavy atom. The molecule has 0 atom stereocenters. The van der Waals surface area contributed by atoms with E-state index in [1.54, 1.807) is 11.8 Å². The lowest BCUT2D eigenvalue weighted by Crippen LogP contribution is -1.96. The Balaban J connectivity index is 2.62. The molecule has 1 heterocycles. The first-order valence-corrected chi connectivity index (χ1v) is 5.59. The minimum atomic E-state index is 0.936. The molecule has 0 bridgehead atoms. The van der Waals surface area contributed by atoms with E-state index in [9.17, 15) is 0 Å². The van der Waals surface area contributed by atoms with Crippen molar-refractivity contribution in [2.24, 2.45) is 0 Å². The molecule has 0 aromatic carbocycles. The molecule has 0 aliphatic rings. The van der Waals surface area contributed by atoms with Gasteiger partial charge in [-0.15, -0.1) is 5.10 Å². The van der Waals surface area contributed by atoms with Gasteiger partial charge in [0, 0.05) is 23.8 Å². The highest BCUT2D eigenvalue weighted by atomic mass is 32.2. The van der Waals surface area contributed by atoms with Gasteiger partial charge in [0.15, 0.2) is 0 Å². The Hall–Kier alpha value is -0.290. The van der Waals surface area contributed by atoms with Crippen molar-refractivity contribution in [3.63, 3.8) is 0 Å².